The number of rotatable bonds is 3. The van der Waals surface area contributed by atoms with Gasteiger partial charge in [-0.25, -0.2) is 0 Å². The largest absolute Gasteiger partial charge is 0.388 e. The molecule has 1 fully saturated rings. The van der Waals surface area contributed by atoms with Crippen LogP contribution in [0, 0.1) is 5.92 Å². The highest BCUT2D eigenvalue weighted by atomic mass is 14.9. The standard InChI is InChI=1S/C13H20N2/c1-14-13-4-2-3-12(10-13)9-11-5-7-15-8-6-11/h2-4,10-11,14-15H,5-9H2,1H3. The van der Waals surface area contributed by atoms with Crippen LogP contribution in [-0.4, -0.2) is 20.1 Å². The van der Waals surface area contributed by atoms with E-state index >= 15 is 0 Å². The topological polar surface area (TPSA) is 24.1 Å². The maximum Gasteiger partial charge on any atom is 0.0340 e. The fraction of sp³-hybridized carbons (Fsp3) is 0.538. The third-order valence-corrected chi connectivity index (χ3v) is 3.20. The molecule has 0 aromatic heterocycles. The minimum atomic E-state index is 0.873. The SMILES string of the molecule is CNc1cccc(CC2CCNCC2)c1. The van der Waals surface area contributed by atoms with Crippen LogP contribution < -0.4 is 10.6 Å². The van der Waals surface area contributed by atoms with Gasteiger partial charge in [0.25, 0.3) is 0 Å². The average molecular weight is 204 g/mol. The van der Waals surface area contributed by atoms with Crippen LogP contribution in [0.25, 0.3) is 0 Å². The van der Waals surface area contributed by atoms with Crippen LogP contribution in [0.2, 0.25) is 0 Å². The van der Waals surface area contributed by atoms with E-state index in [1.54, 1.807) is 0 Å². The lowest BCUT2D eigenvalue weighted by Crippen LogP contribution is -2.28. The summed E-state index contributed by atoms with van der Waals surface area (Å²) in [5.41, 5.74) is 2.69. The zero-order valence-electron chi connectivity index (χ0n) is 9.42. The van der Waals surface area contributed by atoms with Crippen LogP contribution in [0.5, 0.6) is 0 Å². The quantitative estimate of drug-likeness (QED) is 0.789. The Morgan fingerprint density at radius 3 is 2.87 bits per heavy atom. The van der Waals surface area contributed by atoms with Gasteiger partial charge in [-0.2, -0.15) is 0 Å². The zero-order valence-corrected chi connectivity index (χ0v) is 9.42. The van der Waals surface area contributed by atoms with E-state index < -0.39 is 0 Å². The molecule has 15 heavy (non-hydrogen) atoms. The second kappa shape index (κ2) is 5.17. The Balaban J connectivity index is 1.96. The Kier molecular flexibility index (Phi) is 3.62. The molecule has 0 saturated carbocycles. The molecule has 1 saturated heterocycles. The molecule has 0 amide bonds. The monoisotopic (exact) mass is 204 g/mol. The Morgan fingerprint density at radius 1 is 1.33 bits per heavy atom. The van der Waals surface area contributed by atoms with Crippen LogP contribution in [0.15, 0.2) is 24.3 Å². The van der Waals surface area contributed by atoms with E-state index in [4.69, 9.17) is 0 Å². The molecule has 1 aliphatic heterocycles. The molecule has 2 nitrogen and oxygen atoms in total. The van der Waals surface area contributed by atoms with Gasteiger partial charge in [-0.3, -0.25) is 0 Å². The molecule has 1 aliphatic rings. The van der Waals surface area contributed by atoms with Gasteiger partial charge in [0.05, 0.1) is 0 Å². The molecule has 0 unspecified atom stereocenters. The van der Waals surface area contributed by atoms with Crippen molar-refractivity contribution in [2.24, 2.45) is 5.92 Å². The fourth-order valence-corrected chi connectivity index (χ4v) is 2.27. The Labute approximate surface area is 92.1 Å². The summed E-state index contributed by atoms with van der Waals surface area (Å²) in [6.45, 7) is 2.38. The second-order valence-electron chi connectivity index (χ2n) is 4.35. The van der Waals surface area contributed by atoms with Crippen molar-refractivity contribution in [1.29, 1.82) is 0 Å². The highest BCUT2D eigenvalue weighted by Gasteiger charge is 2.13. The van der Waals surface area contributed by atoms with E-state index in [1.807, 2.05) is 7.05 Å². The first-order valence-corrected chi connectivity index (χ1v) is 5.86. The Morgan fingerprint density at radius 2 is 2.13 bits per heavy atom. The maximum absolute atomic E-state index is 3.41. The fourth-order valence-electron chi connectivity index (χ4n) is 2.27. The summed E-state index contributed by atoms with van der Waals surface area (Å²) < 4.78 is 0. The minimum Gasteiger partial charge on any atom is -0.388 e. The molecule has 2 N–H and O–H groups in total. The van der Waals surface area contributed by atoms with E-state index in [2.05, 4.69) is 34.9 Å². The van der Waals surface area contributed by atoms with E-state index in [0.717, 1.165) is 5.92 Å². The minimum absolute atomic E-state index is 0.873. The maximum atomic E-state index is 3.41. The summed E-state index contributed by atoms with van der Waals surface area (Å²) >= 11 is 0. The van der Waals surface area contributed by atoms with Crippen molar-refractivity contribution in [3.05, 3.63) is 29.8 Å². The predicted molar refractivity (Wildman–Crippen MR) is 65.3 cm³/mol. The summed E-state index contributed by atoms with van der Waals surface area (Å²) in [4.78, 5) is 0. The third kappa shape index (κ3) is 2.96. The zero-order chi connectivity index (χ0) is 10.5. The van der Waals surface area contributed by atoms with Crippen molar-refractivity contribution in [1.82, 2.24) is 5.32 Å². The summed E-state index contributed by atoms with van der Waals surface area (Å²) in [5.74, 6) is 0.873. The second-order valence-corrected chi connectivity index (χ2v) is 4.35. The molecule has 0 aliphatic carbocycles. The van der Waals surface area contributed by atoms with Gasteiger partial charge < -0.3 is 10.6 Å². The van der Waals surface area contributed by atoms with E-state index in [1.165, 1.54) is 43.6 Å². The van der Waals surface area contributed by atoms with Crippen molar-refractivity contribution in [3.63, 3.8) is 0 Å². The predicted octanol–water partition coefficient (Wildman–Crippen LogP) is 2.27. The van der Waals surface area contributed by atoms with Crippen molar-refractivity contribution in [3.8, 4) is 0 Å². The van der Waals surface area contributed by atoms with Gasteiger partial charge in [0, 0.05) is 12.7 Å². The molecule has 2 heteroatoms. The molecule has 2 rings (SSSR count). The van der Waals surface area contributed by atoms with Crippen molar-refractivity contribution in [2.45, 2.75) is 19.3 Å². The number of piperidine rings is 1. The lowest BCUT2D eigenvalue weighted by Gasteiger charge is -2.22. The number of anilines is 1. The number of nitrogens with one attached hydrogen (secondary N) is 2. The van der Waals surface area contributed by atoms with E-state index in [9.17, 15) is 0 Å². The molecule has 1 aromatic carbocycles. The molecular weight excluding hydrogens is 184 g/mol. The van der Waals surface area contributed by atoms with E-state index in [-0.39, 0.29) is 0 Å². The number of hydrogen-bond acceptors (Lipinski definition) is 2. The summed E-state index contributed by atoms with van der Waals surface area (Å²) in [6, 6.07) is 8.76. The van der Waals surface area contributed by atoms with Crippen LogP contribution in [0.4, 0.5) is 5.69 Å². The van der Waals surface area contributed by atoms with Gasteiger partial charge in [0.2, 0.25) is 0 Å². The summed E-state index contributed by atoms with van der Waals surface area (Å²) in [5, 5.41) is 6.60. The summed E-state index contributed by atoms with van der Waals surface area (Å²) in [6.07, 6.45) is 3.88. The first kappa shape index (κ1) is 10.5. The number of benzene rings is 1. The van der Waals surface area contributed by atoms with Crippen LogP contribution in [0.1, 0.15) is 18.4 Å². The van der Waals surface area contributed by atoms with Crippen LogP contribution in [-0.2, 0) is 6.42 Å². The molecule has 0 radical (unpaired) electrons. The Hall–Kier alpha value is -1.02. The molecule has 0 spiro atoms. The molecular formula is C13H20N2. The highest BCUT2D eigenvalue weighted by Crippen LogP contribution is 2.19. The van der Waals surface area contributed by atoms with Gasteiger partial charge >= 0.3 is 0 Å². The van der Waals surface area contributed by atoms with Crippen LogP contribution >= 0.6 is 0 Å². The molecule has 82 valence electrons. The van der Waals surface area contributed by atoms with Crippen LogP contribution in [0.3, 0.4) is 0 Å². The molecule has 0 bridgehead atoms. The molecule has 1 aromatic rings. The van der Waals surface area contributed by atoms with Gasteiger partial charge in [0.1, 0.15) is 0 Å². The first-order valence-electron chi connectivity index (χ1n) is 5.86. The van der Waals surface area contributed by atoms with Gasteiger partial charge in [0.15, 0.2) is 0 Å². The van der Waals surface area contributed by atoms with E-state index in [0.29, 0.717) is 0 Å². The average Bonchev–Trinajstić information content (AvgIpc) is 2.31. The lowest BCUT2D eigenvalue weighted by atomic mass is 9.91. The lowest BCUT2D eigenvalue weighted by molar-refractivity contribution is 0.373. The number of hydrogen-bond donors (Lipinski definition) is 2. The van der Waals surface area contributed by atoms with Gasteiger partial charge in [-0.1, -0.05) is 12.1 Å². The van der Waals surface area contributed by atoms with Crippen molar-refractivity contribution >= 4 is 5.69 Å². The summed E-state index contributed by atoms with van der Waals surface area (Å²) in [7, 11) is 1.98. The molecule has 1 heterocycles. The Bertz CT molecular complexity index is 303. The first-order chi connectivity index (χ1) is 7.38. The van der Waals surface area contributed by atoms with Crippen molar-refractivity contribution < 1.29 is 0 Å². The highest BCUT2D eigenvalue weighted by molar-refractivity contribution is 5.45. The van der Waals surface area contributed by atoms with Gasteiger partial charge in [-0.15, -0.1) is 0 Å². The normalized spacial score (nSPS) is 17.7. The molecule has 0 atom stereocenters. The van der Waals surface area contributed by atoms with Gasteiger partial charge in [-0.05, 0) is 56.0 Å². The third-order valence-electron chi connectivity index (χ3n) is 3.20. The van der Waals surface area contributed by atoms with Crippen molar-refractivity contribution in [2.75, 3.05) is 25.5 Å². The smallest absolute Gasteiger partial charge is 0.0340 e.